The fourth-order valence-electron chi connectivity index (χ4n) is 4.78. The highest BCUT2D eigenvalue weighted by molar-refractivity contribution is 5.96. The number of fused-ring (bicyclic) bond motifs is 3. The van der Waals surface area contributed by atoms with E-state index in [-0.39, 0.29) is 43.7 Å². The monoisotopic (exact) mass is 468 g/mol. The molecule has 8 heteroatoms. The Hall–Kier alpha value is -3.23. The first-order valence-corrected chi connectivity index (χ1v) is 11.5. The quantitative estimate of drug-likeness (QED) is 0.550. The number of hydrogen-bond acceptors (Lipinski definition) is 5. The Morgan fingerprint density at radius 1 is 1.18 bits per heavy atom. The zero-order chi connectivity index (χ0) is 24.2. The Kier molecular flexibility index (Phi) is 7.29. The second-order valence-corrected chi connectivity index (χ2v) is 8.50. The molecule has 1 heterocycles. The second kappa shape index (κ2) is 10.4. The molecule has 2 aromatic rings. The van der Waals surface area contributed by atoms with Crippen molar-refractivity contribution in [2.45, 2.75) is 43.9 Å². The van der Waals surface area contributed by atoms with Crippen molar-refractivity contribution in [3.05, 3.63) is 77.1 Å². The van der Waals surface area contributed by atoms with E-state index in [0.29, 0.717) is 17.7 Å². The van der Waals surface area contributed by atoms with Gasteiger partial charge in [-0.3, -0.25) is 9.59 Å². The zero-order valence-electron chi connectivity index (χ0n) is 19.0. The van der Waals surface area contributed by atoms with Crippen LogP contribution in [0.2, 0.25) is 0 Å². The SMILES string of the molecule is CCC(=O)N(CCc1cccc(F)c1)[C@@H]1C=C(C(=O)NCCO)[C@@H]2c3ccccc3O[C@@H]2[C@H]1O. The molecule has 0 saturated heterocycles. The van der Waals surface area contributed by atoms with Gasteiger partial charge in [0.15, 0.2) is 0 Å². The number of carbonyl (C=O) groups is 2. The standard InChI is InChI=1S/C26H29FN2O5/c1-2-22(31)29(12-10-16-6-5-7-17(27)14-16)20-15-19(26(33)28-11-13-30)23-18-8-3-4-9-21(18)34-25(23)24(20)32/h3-9,14-15,20,23-25,30,32H,2,10-13H2,1H3,(H,28,33)/t20-,23+,24+,25+/m1/s1. The fraction of sp³-hybridized carbons (Fsp3) is 0.385. The smallest absolute Gasteiger partial charge is 0.247 e. The number of aliphatic hydroxyl groups is 2. The van der Waals surface area contributed by atoms with Gasteiger partial charge >= 0.3 is 0 Å². The van der Waals surface area contributed by atoms with E-state index in [0.717, 1.165) is 11.1 Å². The number of halogens is 1. The molecule has 2 aromatic carbocycles. The number of nitrogens with zero attached hydrogens (tertiary/aromatic N) is 1. The molecule has 0 spiro atoms. The summed E-state index contributed by atoms with van der Waals surface area (Å²) in [6.45, 7) is 1.85. The Balaban J connectivity index is 1.69. The van der Waals surface area contributed by atoms with Crippen molar-refractivity contribution in [2.75, 3.05) is 19.7 Å². The first-order chi connectivity index (χ1) is 16.4. The van der Waals surface area contributed by atoms with E-state index in [1.54, 1.807) is 31.2 Å². The number of nitrogens with one attached hydrogen (secondary N) is 1. The summed E-state index contributed by atoms with van der Waals surface area (Å²) < 4.78 is 19.7. The van der Waals surface area contributed by atoms with Gasteiger partial charge in [0.25, 0.3) is 0 Å². The minimum atomic E-state index is -1.07. The molecule has 0 fully saturated rings. The highest BCUT2D eigenvalue weighted by Crippen LogP contribution is 2.47. The van der Waals surface area contributed by atoms with Crippen molar-refractivity contribution in [3.8, 4) is 5.75 Å². The number of rotatable bonds is 8. The largest absolute Gasteiger partial charge is 0.486 e. The topological polar surface area (TPSA) is 99.1 Å². The highest BCUT2D eigenvalue weighted by Gasteiger charge is 2.50. The van der Waals surface area contributed by atoms with E-state index in [4.69, 9.17) is 9.84 Å². The molecule has 1 aliphatic carbocycles. The van der Waals surface area contributed by atoms with Crippen LogP contribution < -0.4 is 10.1 Å². The fourth-order valence-corrected chi connectivity index (χ4v) is 4.78. The molecule has 34 heavy (non-hydrogen) atoms. The summed E-state index contributed by atoms with van der Waals surface area (Å²) in [6.07, 6.45) is 0.421. The van der Waals surface area contributed by atoms with E-state index >= 15 is 0 Å². The minimum Gasteiger partial charge on any atom is -0.486 e. The zero-order valence-corrected chi connectivity index (χ0v) is 19.0. The molecule has 0 unspecified atom stereocenters. The number of para-hydroxylation sites is 1. The van der Waals surface area contributed by atoms with Crippen molar-refractivity contribution >= 4 is 11.8 Å². The summed E-state index contributed by atoms with van der Waals surface area (Å²) >= 11 is 0. The molecule has 2 amide bonds. The molecule has 180 valence electrons. The number of hydrogen-bond donors (Lipinski definition) is 3. The van der Waals surface area contributed by atoms with Crippen LogP contribution in [0.4, 0.5) is 4.39 Å². The lowest BCUT2D eigenvalue weighted by atomic mass is 9.77. The second-order valence-electron chi connectivity index (χ2n) is 8.50. The van der Waals surface area contributed by atoms with Gasteiger partial charge in [-0.25, -0.2) is 4.39 Å². The van der Waals surface area contributed by atoms with Crippen LogP contribution in [0.5, 0.6) is 5.75 Å². The van der Waals surface area contributed by atoms with Gasteiger partial charge in [-0.1, -0.05) is 37.3 Å². The molecular weight excluding hydrogens is 439 g/mol. The van der Waals surface area contributed by atoms with Crippen molar-refractivity contribution < 1.29 is 28.9 Å². The summed E-state index contributed by atoms with van der Waals surface area (Å²) in [6, 6.07) is 12.7. The summed E-state index contributed by atoms with van der Waals surface area (Å²) in [7, 11) is 0. The van der Waals surface area contributed by atoms with E-state index in [1.807, 2.05) is 18.2 Å². The lowest BCUT2D eigenvalue weighted by Crippen LogP contribution is -2.56. The maximum absolute atomic E-state index is 13.6. The van der Waals surface area contributed by atoms with Gasteiger partial charge < -0.3 is 25.2 Å². The molecule has 7 nitrogen and oxygen atoms in total. The molecule has 0 saturated carbocycles. The summed E-state index contributed by atoms with van der Waals surface area (Å²) in [4.78, 5) is 27.5. The third-order valence-electron chi connectivity index (χ3n) is 6.39. The van der Waals surface area contributed by atoms with Crippen LogP contribution in [0.1, 0.15) is 30.4 Å². The van der Waals surface area contributed by atoms with Crippen LogP contribution in [0, 0.1) is 5.82 Å². The maximum Gasteiger partial charge on any atom is 0.247 e. The number of carbonyl (C=O) groups excluding carboxylic acids is 2. The van der Waals surface area contributed by atoms with Crippen LogP contribution in [-0.2, 0) is 16.0 Å². The molecule has 3 N–H and O–H groups in total. The van der Waals surface area contributed by atoms with E-state index in [9.17, 15) is 19.1 Å². The average molecular weight is 469 g/mol. The Morgan fingerprint density at radius 2 is 1.97 bits per heavy atom. The predicted octanol–water partition coefficient (Wildman–Crippen LogP) is 1.93. The van der Waals surface area contributed by atoms with Crippen LogP contribution in [0.25, 0.3) is 0 Å². The average Bonchev–Trinajstić information content (AvgIpc) is 3.24. The van der Waals surface area contributed by atoms with Gasteiger partial charge in [0.1, 0.15) is 23.8 Å². The van der Waals surface area contributed by atoms with Gasteiger partial charge in [-0.05, 0) is 36.3 Å². The number of aliphatic hydroxyl groups excluding tert-OH is 2. The van der Waals surface area contributed by atoms with E-state index in [2.05, 4.69) is 5.32 Å². The van der Waals surface area contributed by atoms with Crippen molar-refractivity contribution in [2.24, 2.45) is 0 Å². The molecule has 1 aliphatic heterocycles. The first kappa shape index (κ1) is 23.9. The summed E-state index contributed by atoms with van der Waals surface area (Å²) in [5.74, 6) is -0.837. The number of amides is 2. The van der Waals surface area contributed by atoms with Crippen molar-refractivity contribution in [1.82, 2.24) is 10.2 Å². The van der Waals surface area contributed by atoms with Crippen LogP contribution in [-0.4, -0.2) is 64.9 Å². The Labute approximate surface area is 197 Å². The van der Waals surface area contributed by atoms with Crippen molar-refractivity contribution in [1.29, 1.82) is 0 Å². The Bertz CT molecular complexity index is 1090. The Morgan fingerprint density at radius 3 is 2.71 bits per heavy atom. The maximum atomic E-state index is 13.6. The van der Waals surface area contributed by atoms with Crippen molar-refractivity contribution in [3.63, 3.8) is 0 Å². The highest BCUT2D eigenvalue weighted by atomic mass is 19.1. The molecule has 0 radical (unpaired) electrons. The number of ether oxygens (including phenoxy) is 1. The molecule has 2 aliphatic rings. The molecule has 4 atom stereocenters. The van der Waals surface area contributed by atoms with Gasteiger partial charge in [0.2, 0.25) is 11.8 Å². The van der Waals surface area contributed by atoms with Gasteiger partial charge in [0, 0.05) is 30.6 Å². The normalized spacial score (nSPS) is 22.8. The van der Waals surface area contributed by atoms with E-state index < -0.39 is 24.2 Å². The van der Waals surface area contributed by atoms with Gasteiger partial charge in [-0.15, -0.1) is 0 Å². The minimum absolute atomic E-state index is 0.0838. The summed E-state index contributed by atoms with van der Waals surface area (Å²) in [5, 5.41) is 23.2. The third-order valence-corrected chi connectivity index (χ3v) is 6.39. The molecular formula is C26H29FN2O5. The first-order valence-electron chi connectivity index (χ1n) is 11.5. The molecule has 0 aromatic heterocycles. The van der Waals surface area contributed by atoms with Crippen LogP contribution in [0.3, 0.4) is 0 Å². The predicted molar refractivity (Wildman–Crippen MR) is 124 cm³/mol. The van der Waals surface area contributed by atoms with Gasteiger partial charge in [0.05, 0.1) is 18.6 Å². The lowest BCUT2D eigenvalue weighted by molar-refractivity contribution is -0.136. The van der Waals surface area contributed by atoms with E-state index in [1.165, 1.54) is 17.0 Å². The molecule has 0 bridgehead atoms. The number of benzene rings is 2. The third kappa shape index (κ3) is 4.69. The summed E-state index contributed by atoms with van der Waals surface area (Å²) in [5.41, 5.74) is 1.91. The molecule has 4 rings (SSSR count). The van der Waals surface area contributed by atoms with Crippen LogP contribution >= 0.6 is 0 Å². The van der Waals surface area contributed by atoms with Crippen LogP contribution in [0.15, 0.2) is 60.2 Å². The lowest BCUT2D eigenvalue weighted by Gasteiger charge is -2.40. The van der Waals surface area contributed by atoms with Gasteiger partial charge in [-0.2, -0.15) is 0 Å².